The average Bonchev–Trinajstić information content (AvgIpc) is 3.36. The first kappa shape index (κ1) is 22.7. The van der Waals surface area contributed by atoms with Gasteiger partial charge in [0.15, 0.2) is 0 Å². The van der Waals surface area contributed by atoms with Crippen LogP contribution in [-0.4, -0.2) is 44.7 Å². The van der Waals surface area contributed by atoms with Crippen LogP contribution in [0.5, 0.6) is 0 Å². The standard InChI is InChI=1S/C23H26Cl2N4O3/c1-13-19(21(30)28-11-5-6-17(28)22(31)32-23(2,3)4)20(29-18(27-13)9-10-26-29)14-7-8-15(24)16(25)12-14/h7-10,12,17,20,27H,5-6,11H2,1-4H3. The van der Waals surface area contributed by atoms with Crippen LogP contribution in [0.3, 0.4) is 0 Å². The van der Waals surface area contributed by atoms with E-state index in [0.29, 0.717) is 34.3 Å². The van der Waals surface area contributed by atoms with Gasteiger partial charge < -0.3 is 15.0 Å². The van der Waals surface area contributed by atoms with Gasteiger partial charge >= 0.3 is 5.97 Å². The van der Waals surface area contributed by atoms with E-state index >= 15 is 0 Å². The molecule has 7 nitrogen and oxygen atoms in total. The van der Waals surface area contributed by atoms with Gasteiger partial charge in [0.1, 0.15) is 23.5 Å². The van der Waals surface area contributed by atoms with E-state index in [2.05, 4.69) is 10.4 Å². The van der Waals surface area contributed by atoms with Crippen molar-refractivity contribution in [3.05, 3.63) is 57.3 Å². The van der Waals surface area contributed by atoms with Gasteiger partial charge in [0.25, 0.3) is 5.91 Å². The summed E-state index contributed by atoms with van der Waals surface area (Å²) < 4.78 is 7.33. The number of allylic oxidation sites excluding steroid dienone is 1. The number of fused-ring (bicyclic) bond motifs is 1. The smallest absolute Gasteiger partial charge is 0.329 e. The number of amides is 1. The second kappa shape index (κ2) is 8.45. The van der Waals surface area contributed by atoms with Gasteiger partial charge in [0.2, 0.25) is 0 Å². The molecule has 1 amide bonds. The molecule has 170 valence electrons. The van der Waals surface area contributed by atoms with E-state index in [0.717, 1.165) is 17.8 Å². The van der Waals surface area contributed by atoms with Crippen LogP contribution in [0, 0.1) is 0 Å². The van der Waals surface area contributed by atoms with E-state index in [1.807, 2.05) is 39.8 Å². The number of halogens is 2. The molecule has 2 unspecified atom stereocenters. The molecule has 1 fully saturated rings. The second-order valence-corrected chi connectivity index (χ2v) is 9.91. The highest BCUT2D eigenvalue weighted by atomic mass is 35.5. The first-order valence-electron chi connectivity index (χ1n) is 10.6. The first-order valence-corrected chi connectivity index (χ1v) is 11.3. The van der Waals surface area contributed by atoms with Gasteiger partial charge in [-0.15, -0.1) is 0 Å². The molecule has 3 heterocycles. The maximum Gasteiger partial charge on any atom is 0.329 e. The molecule has 2 aromatic rings. The average molecular weight is 477 g/mol. The Morgan fingerprint density at radius 1 is 1.19 bits per heavy atom. The van der Waals surface area contributed by atoms with Gasteiger partial charge in [-0.1, -0.05) is 29.3 Å². The highest BCUT2D eigenvalue weighted by Crippen LogP contribution is 2.39. The molecule has 0 aliphatic carbocycles. The Bertz CT molecular complexity index is 1100. The number of ether oxygens (including phenoxy) is 1. The van der Waals surface area contributed by atoms with Crippen LogP contribution in [0.25, 0.3) is 0 Å². The van der Waals surface area contributed by atoms with Crippen LogP contribution in [0.4, 0.5) is 5.82 Å². The maximum atomic E-state index is 13.9. The molecule has 1 saturated heterocycles. The van der Waals surface area contributed by atoms with Crippen molar-refractivity contribution in [3.8, 4) is 0 Å². The second-order valence-electron chi connectivity index (χ2n) is 9.09. The quantitative estimate of drug-likeness (QED) is 0.643. The summed E-state index contributed by atoms with van der Waals surface area (Å²) in [7, 11) is 0. The van der Waals surface area contributed by atoms with E-state index in [1.54, 1.807) is 27.9 Å². The lowest BCUT2D eigenvalue weighted by Gasteiger charge is -2.34. The summed E-state index contributed by atoms with van der Waals surface area (Å²) in [6, 6.07) is 6.02. The molecule has 2 aliphatic heterocycles. The lowest BCUT2D eigenvalue weighted by molar-refractivity contribution is -0.162. The van der Waals surface area contributed by atoms with Crippen LogP contribution < -0.4 is 5.32 Å². The summed E-state index contributed by atoms with van der Waals surface area (Å²) in [5.41, 5.74) is 1.37. The summed E-state index contributed by atoms with van der Waals surface area (Å²) >= 11 is 12.4. The fourth-order valence-electron chi connectivity index (χ4n) is 4.25. The zero-order valence-corrected chi connectivity index (χ0v) is 20.0. The summed E-state index contributed by atoms with van der Waals surface area (Å²) in [4.78, 5) is 28.3. The van der Waals surface area contributed by atoms with Crippen LogP contribution >= 0.6 is 23.2 Å². The molecular weight excluding hydrogens is 451 g/mol. The van der Waals surface area contributed by atoms with Crippen LogP contribution in [0.1, 0.15) is 52.1 Å². The highest BCUT2D eigenvalue weighted by Gasteiger charge is 2.42. The Hall–Kier alpha value is -2.51. The molecule has 1 aromatic carbocycles. The lowest BCUT2D eigenvalue weighted by Crippen LogP contribution is -2.46. The Morgan fingerprint density at radius 2 is 1.94 bits per heavy atom. The van der Waals surface area contributed by atoms with Crippen LogP contribution in [0.15, 0.2) is 41.7 Å². The number of hydrogen-bond donors (Lipinski definition) is 1. The molecule has 0 radical (unpaired) electrons. The number of nitrogens with zero attached hydrogens (tertiary/aromatic N) is 3. The number of benzene rings is 1. The van der Waals surface area contributed by atoms with E-state index < -0.39 is 17.7 Å². The SMILES string of the molecule is CC1=C(C(=O)N2CCCC2C(=O)OC(C)(C)C)C(c2ccc(Cl)c(Cl)c2)n2nccc2N1. The monoisotopic (exact) mass is 476 g/mol. The third-order valence-electron chi connectivity index (χ3n) is 5.59. The first-order chi connectivity index (χ1) is 15.1. The Labute approximate surface area is 197 Å². The molecule has 4 rings (SSSR count). The number of anilines is 1. The molecule has 2 atom stereocenters. The fraction of sp³-hybridized carbons (Fsp3) is 0.435. The summed E-state index contributed by atoms with van der Waals surface area (Å²) in [6.45, 7) is 7.81. The number of aromatic nitrogens is 2. The zero-order valence-electron chi connectivity index (χ0n) is 18.5. The number of esters is 1. The number of rotatable bonds is 3. The van der Waals surface area contributed by atoms with Crippen molar-refractivity contribution in [1.82, 2.24) is 14.7 Å². The maximum absolute atomic E-state index is 13.9. The molecule has 0 bridgehead atoms. The third-order valence-corrected chi connectivity index (χ3v) is 6.33. The molecule has 1 N–H and O–H groups in total. The summed E-state index contributed by atoms with van der Waals surface area (Å²) in [5, 5.41) is 8.53. The van der Waals surface area contributed by atoms with Crippen molar-refractivity contribution >= 4 is 40.9 Å². The minimum absolute atomic E-state index is 0.222. The van der Waals surface area contributed by atoms with Gasteiger partial charge in [-0.25, -0.2) is 9.48 Å². The fourth-order valence-corrected chi connectivity index (χ4v) is 4.56. The molecule has 32 heavy (non-hydrogen) atoms. The van der Waals surface area contributed by atoms with Crippen molar-refractivity contribution < 1.29 is 14.3 Å². The zero-order chi connectivity index (χ0) is 23.2. The number of nitrogens with one attached hydrogen (secondary N) is 1. The largest absolute Gasteiger partial charge is 0.458 e. The summed E-state index contributed by atoms with van der Waals surface area (Å²) in [6.07, 6.45) is 2.98. The van der Waals surface area contributed by atoms with Gasteiger partial charge in [-0.2, -0.15) is 5.10 Å². The van der Waals surface area contributed by atoms with E-state index in [1.165, 1.54) is 0 Å². The van der Waals surface area contributed by atoms with Crippen molar-refractivity contribution in [2.45, 2.75) is 58.2 Å². The van der Waals surface area contributed by atoms with Crippen molar-refractivity contribution in [2.24, 2.45) is 0 Å². The van der Waals surface area contributed by atoms with Crippen LogP contribution in [-0.2, 0) is 14.3 Å². The predicted molar refractivity (Wildman–Crippen MR) is 124 cm³/mol. The summed E-state index contributed by atoms with van der Waals surface area (Å²) in [5.74, 6) is 0.164. The van der Waals surface area contributed by atoms with Crippen molar-refractivity contribution in [2.75, 3.05) is 11.9 Å². The van der Waals surface area contributed by atoms with Crippen molar-refractivity contribution in [3.63, 3.8) is 0 Å². The third kappa shape index (κ3) is 4.24. The molecule has 0 spiro atoms. The topological polar surface area (TPSA) is 76.5 Å². The van der Waals surface area contributed by atoms with Gasteiger partial charge in [-0.3, -0.25) is 4.79 Å². The van der Waals surface area contributed by atoms with Gasteiger partial charge in [0.05, 0.1) is 21.8 Å². The Morgan fingerprint density at radius 3 is 2.62 bits per heavy atom. The van der Waals surface area contributed by atoms with Crippen molar-refractivity contribution in [1.29, 1.82) is 0 Å². The Balaban J connectivity index is 1.73. The van der Waals surface area contributed by atoms with Crippen LogP contribution in [0.2, 0.25) is 10.0 Å². The van der Waals surface area contributed by atoms with E-state index in [4.69, 9.17) is 27.9 Å². The van der Waals surface area contributed by atoms with Gasteiger partial charge in [0, 0.05) is 18.3 Å². The highest BCUT2D eigenvalue weighted by molar-refractivity contribution is 6.42. The van der Waals surface area contributed by atoms with E-state index in [-0.39, 0.29) is 11.9 Å². The molecule has 0 saturated carbocycles. The van der Waals surface area contributed by atoms with E-state index in [9.17, 15) is 9.59 Å². The molecular formula is C23H26Cl2N4O3. The van der Waals surface area contributed by atoms with Gasteiger partial charge in [-0.05, 0) is 58.2 Å². The minimum Gasteiger partial charge on any atom is -0.458 e. The number of carbonyl (C=O) groups excluding carboxylic acids is 2. The molecule has 2 aliphatic rings. The molecule has 1 aromatic heterocycles. The molecule has 9 heteroatoms. The number of likely N-dealkylation sites (tertiary alicyclic amines) is 1. The minimum atomic E-state index is -0.622. The predicted octanol–water partition coefficient (Wildman–Crippen LogP) is 4.81. The number of carbonyl (C=O) groups is 2. The lowest BCUT2D eigenvalue weighted by atomic mass is 9.94. The number of hydrogen-bond acceptors (Lipinski definition) is 5. The Kier molecular flexibility index (Phi) is 5.98. The normalized spacial score (nSPS) is 20.8.